The molecule has 24 heavy (non-hydrogen) atoms. The average molecular weight is 356 g/mol. The Morgan fingerprint density at radius 2 is 1.75 bits per heavy atom. The van der Waals surface area contributed by atoms with Gasteiger partial charge in [0.2, 0.25) is 15.9 Å². The van der Waals surface area contributed by atoms with Crippen LogP contribution in [0.5, 0.6) is 0 Å². The number of hydrogen-bond acceptors (Lipinski definition) is 4. The number of rotatable bonds is 10. The number of nitrogens with zero attached hydrogens (tertiary/aromatic N) is 1. The Morgan fingerprint density at radius 3 is 2.25 bits per heavy atom. The van der Waals surface area contributed by atoms with Gasteiger partial charge in [-0.1, -0.05) is 26.0 Å². The number of carbonyl (C=O) groups is 1. The topological polar surface area (TPSA) is 78.5 Å². The van der Waals surface area contributed by atoms with E-state index in [0.29, 0.717) is 37.4 Å². The fourth-order valence-corrected chi connectivity index (χ4v) is 3.71. The lowest BCUT2D eigenvalue weighted by molar-refractivity contribution is -0.121. The second-order valence-electron chi connectivity index (χ2n) is 5.73. The maximum Gasteiger partial charge on any atom is 0.243 e. The molecule has 2 N–H and O–H groups in total. The van der Waals surface area contributed by atoms with Crippen LogP contribution in [0.25, 0.3) is 0 Å². The third kappa shape index (κ3) is 5.89. The number of amides is 1. The smallest absolute Gasteiger partial charge is 0.243 e. The van der Waals surface area contributed by atoms with Crippen LogP contribution in [0.2, 0.25) is 0 Å². The summed E-state index contributed by atoms with van der Waals surface area (Å²) in [6.07, 6.45) is 0.976. The maximum absolute atomic E-state index is 12.4. The van der Waals surface area contributed by atoms with Gasteiger partial charge in [-0.15, -0.1) is 0 Å². The van der Waals surface area contributed by atoms with Crippen molar-refractivity contribution in [2.45, 2.75) is 44.6 Å². The molecule has 7 heteroatoms. The Kier molecular flexibility index (Phi) is 8.38. The minimum absolute atomic E-state index is 0.00283. The number of likely N-dealkylation sites (N-methyl/N-ethyl adjacent to an activating group) is 1. The van der Waals surface area contributed by atoms with Gasteiger partial charge in [-0.25, -0.2) is 8.42 Å². The number of nitrogens with one attached hydrogen (secondary N) is 2. The highest BCUT2D eigenvalue weighted by atomic mass is 32.2. The minimum atomic E-state index is -3.42. The van der Waals surface area contributed by atoms with Crippen LogP contribution in [-0.4, -0.2) is 51.4 Å². The van der Waals surface area contributed by atoms with Crippen LogP contribution in [0.15, 0.2) is 29.2 Å². The molecular formula is C17H29N3O3S. The molecule has 136 valence electrons. The van der Waals surface area contributed by atoms with Gasteiger partial charge < -0.3 is 10.6 Å². The van der Waals surface area contributed by atoms with E-state index in [-0.39, 0.29) is 11.9 Å². The summed E-state index contributed by atoms with van der Waals surface area (Å²) in [6, 6.07) is 7.02. The first-order valence-electron chi connectivity index (χ1n) is 8.38. The number of hydrogen-bond donors (Lipinski definition) is 2. The van der Waals surface area contributed by atoms with Crippen LogP contribution in [0.1, 0.15) is 32.8 Å². The van der Waals surface area contributed by atoms with Crippen molar-refractivity contribution in [1.82, 2.24) is 14.9 Å². The molecule has 0 aliphatic heterocycles. The maximum atomic E-state index is 12.4. The Hall–Kier alpha value is -1.44. The first kappa shape index (κ1) is 20.6. The molecule has 0 saturated heterocycles. The van der Waals surface area contributed by atoms with Gasteiger partial charge in [-0.05, 0) is 38.1 Å². The molecule has 1 aromatic carbocycles. The zero-order chi connectivity index (χ0) is 18.2. The number of sulfonamides is 1. The van der Waals surface area contributed by atoms with E-state index in [1.807, 2.05) is 27.8 Å². The molecule has 1 atom stereocenters. The molecule has 0 aromatic heterocycles. The first-order valence-corrected chi connectivity index (χ1v) is 9.82. The van der Waals surface area contributed by atoms with Crippen LogP contribution in [-0.2, 0) is 21.2 Å². The first-order chi connectivity index (χ1) is 11.3. The number of carbonyl (C=O) groups excluding carboxylic acids is 1. The quantitative estimate of drug-likeness (QED) is 0.664. The van der Waals surface area contributed by atoms with E-state index in [1.54, 1.807) is 24.3 Å². The summed E-state index contributed by atoms with van der Waals surface area (Å²) in [5.74, 6) is -0.00283. The van der Waals surface area contributed by atoms with E-state index in [4.69, 9.17) is 0 Å². The second kappa shape index (κ2) is 9.76. The number of benzene rings is 1. The lowest BCUT2D eigenvalue weighted by Gasteiger charge is -2.18. The van der Waals surface area contributed by atoms with Crippen LogP contribution >= 0.6 is 0 Å². The average Bonchev–Trinajstić information content (AvgIpc) is 2.58. The van der Waals surface area contributed by atoms with Crippen molar-refractivity contribution in [2.75, 3.05) is 26.7 Å². The van der Waals surface area contributed by atoms with E-state index in [2.05, 4.69) is 10.6 Å². The molecule has 0 aliphatic carbocycles. The van der Waals surface area contributed by atoms with Gasteiger partial charge in [-0.3, -0.25) is 4.79 Å². The molecule has 1 aromatic rings. The monoisotopic (exact) mass is 355 g/mol. The molecule has 0 heterocycles. The Bertz CT molecular complexity index is 610. The van der Waals surface area contributed by atoms with Crippen LogP contribution in [0, 0.1) is 0 Å². The van der Waals surface area contributed by atoms with E-state index in [9.17, 15) is 13.2 Å². The Balaban J connectivity index is 2.61. The van der Waals surface area contributed by atoms with Gasteiger partial charge >= 0.3 is 0 Å². The van der Waals surface area contributed by atoms with Crippen LogP contribution in [0.4, 0.5) is 0 Å². The van der Waals surface area contributed by atoms with E-state index in [1.165, 1.54) is 4.31 Å². The van der Waals surface area contributed by atoms with E-state index < -0.39 is 10.0 Å². The summed E-state index contributed by atoms with van der Waals surface area (Å²) in [5, 5.41) is 5.92. The van der Waals surface area contributed by atoms with Crippen molar-refractivity contribution in [3.05, 3.63) is 29.8 Å². The molecule has 6 nitrogen and oxygen atoms in total. The third-order valence-corrected chi connectivity index (χ3v) is 6.07. The largest absolute Gasteiger partial charge is 0.355 e. The van der Waals surface area contributed by atoms with Gasteiger partial charge in [0.1, 0.15) is 0 Å². The fraction of sp³-hybridized carbons (Fsp3) is 0.588. The van der Waals surface area contributed by atoms with Crippen molar-refractivity contribution in [3.63, 3.8) is 0 Å². The number of aryl methyl sites for hydroxylation is 1. The molecule has 0 spiro atoms. The van der Waals surface area contributed by atoms with Gasteiger partial charge in [0.15, 0.2) is 0 Å². The van der Waals surface area contributed by atoms with Gasteiger partial charge in [0.25, 0.3) is 0 Å². The summed E-state index contributed by atoms with van der Waals surface area (Å²) >= 11 is 0. The molecule has 0 fully saturated rings. The van der Waals surface area contributed by atoms with Gasteiger partial charge in [0, 0.05) is 32.1 Å². The molecule has 1 rings (SSSR count). The highest BCUT2D eigenvalue weighted by Gasteiger charge is 2.21. The molecule has 0 aliphatic rings. The van der Waals surface area contributed by atoms with Crippen molar-refractivity contribution in [3.8, 4) is 0 Å². The van der Waals surface area contributed by atoms with E-state index >= 15 is 0 Å². The highest BCUT2D eigenvalue weighted by molar-refractivity contribution is 7.89. The Labute approximate surface area is 145 Å². The van der Waals surface area contributed by atoms with Crippen molar-refractivity contribution in [1.29, 1.82) is 0 Å². The predicted molar refractivity (Wildman–Crippen MR) is 96.4 cm³/mol. The van der Waals surface area contributed by atoms with Gasteiger partial charge in [0.05, 0.1) is 4.90 Å². The van der Waals surface area contributed by atoms with E-state index in [0.717, 1.165) is 5.56 Å². The van der Waals surface area contributed by atoms with Crippen molar-refractivity contribution in [2.24, 2.45) is 0 Å². The zero-order valence-electron chi connectivity index (χ0n) is 15.0. The third-order valence-electron chi connectivity index (χ3n) is 4.01. The fourth-order valence-electron chi connectivity index (χ4n) is 2.26. The molecule has 0 saturated carbocycles. The zero-order valence-corrected chi connectivity index (χ0v) is 15.8. The van der Waals surface area contributed by atoms with Crippen molar-refractivity contribution < 1.29 is 13.2 Å². The molecule has 0 radical (unpaired) electrons. The summed E-state index contributed by atoms with van der Waals surface area (Å²) in [5.41, 5.74) is 0.949. The summed E-state index contributed by atoms with van der Waals surface area (Å²) in [4.78, 5) is 12.1. The molecule has 0 bridgehead atoms. The molecular weight excluding hydrogens is 326 g/mol. The molecule has 1 unspecified atom stereocenters. The second-order valence-corrected chi connectivity index (χ2v) is 7.67. The minimum Gasteiger partial charge on any atom is -0.355 e. The predicted octanol–water partition coefficient (Wildman–Crippen LogP) is 1.37. The summed E-state index contributed by atoms with van der Waals surface area (Å²) in [7, 11) is -1.57. The van der Waals surface area contributed by atoms with Crippen LogP contribution in [0.3, 0.4) is 0 Å². The Morgan fingerprint density at radius 1 is 1.17 bits per heavy atom. The summed E-state index contributed by atoms with van der Waals surface area (Å²) < 4.78 is 26.2. The normalized spacial score (nSPS) is 13.0. The lowest BCUT2D eigenvalue weighted by Crippen LogP contribution is -2.37. The molecule has 1 amide bonds. The van der Waals surface area contributed by atoms with Crippen molar-refractivity contribution >= 4 is 15.9 Å². The highest BCUT2D eigenvalue weighted by Crippen LogP contribution is 2.16. The van der Waals surface area contributed by atoms with Gasteiger partial charge in [-0.2, -0.15) is 4.31 Å². The standard InChI is InChI=1S/C17H29N3O3S/c1-5-20(6-2)24(22,23)16-10-7-15(8-11-16)9-12-17(21)19-13-14(3)18-4/h7-8,10-11,14,18H,5-6,9,12-13H2,1-4H3,(H,19,21). The van der Waals surface area contributed by atoms with Crippen LogP contribution < -0.4 is 10.6 Å². The summed E-state index contributed by atoms with van der Waals surface area (Å²) in [6.45, 7) is 7.13. The SMILES string of the molecule is CCN(CC)S(=O)(=O)c1ccc(CCC(=O)NCC(C)NC)cc1. The lowest BCUT2D eigenvalue weighted by atomic mass is 10.1.